The van der Waals surface area contributed by atoms with E-state index in [-0.39, 0.29) is 48.0 Å². The number of halogens is 5. The zero-order valence-electron chi connectivity index (χ0n) is 24.9. The van der Waals surface area contributed by atoms with E-state index in [0.717, 1.165) is 12.1 Å². The Bertz CT molecular complexity index is 1620. The minimum Gasteiger partial charge on any atom is -0.489 e. The van der Waals surface area contributed by atoms with Crippen molar-refractivity contribution in [1.29, 1.82) is 0 Å². The Kier molecular flexibility index (Phi) is 11.4. The van der Waals surface area contributed by atoms with Gasteiger partial charge in [-0.25, -0.2) is 13.9 Å². The van der Waals surface area contributed by atoms with Gasteiger partial charge in [0.05, 0.1) is 47.9 Å². The molecule has 47 heavy (non-hydrogen) atoms. The fourth-order valence-corrected chi connectivity index (χ4v) is 6.02. The van der Waals surface area contributed by atoms with E-state index >= 15 is 0 Å². The molecule has 0 bridgehead atoms. The van der Waals surface area contributed by atoms with Crippen molar-refractivity contribution in [1.82, 2.24) is 10.8 Å². The molecule has 1 unspecified atom stereocenters. The average Bonchev–Trinajstić information content (AvgIpc) is 3.45. The van der Waals surface area contributed by atoms with Gasteiger partial charge in [0.25, 0.3) is 5.91 Å². The highest BCUT2D eigenvalue weighted by Gasteiger charge is 2.35. The van der Waals surface area contributed by atoms with Crippen LogP contribution in [0.2, 0.25) is 0 Å². The standard InChI is InChI=1S/C31H32F5N3O7S/c1-2-47(43,44)26-13-5-19(6-14-26)27(16-28(40)38-42)37-29(41)20-3-9-22(10-4-20)39-17-25(15-23(39)18-45-30(32)33)46-24-11-7-21(8-12-24)31(34,35)36/h3-14,23,25,27,30,42H,2,15-18H2,1H3,(H,37,41)(H,38,40)/t23-,25-,27?/m0/s1. The summed E-state index contributed by atoms with van der Waals surface area (Å²) in [7, 11) is -3.48. The third-order valence-electron chi connectivity index (χ3n) is 7.58. The molecule has 2 amide bonds. The molecular formula is C31H32F5N3O7S. The van der Waals surface area contributed by atoms with E-state index in [0.29, 0.717) is 11.3 Å². The number of alkyl halides is 5. The van der Waals surface area contributed by atoms with Gasteiger partial charge in [-0.15, -0.1) is 0 Å². The fraction of sp³-hybridized carbons (Fsp3) is 0.355. The second kappa shape index (κ2) is 15.1. The molecule has 1 fully saturated rings. The Morgan fingerprint density at radius 3 is 2.19 bits per heavy atom. The summed E-state index contributed by atoms with van der Waals surface area (Å²) < 4.78 is 99.2. The van der Waals surface area contributed by atoms with Crippen LogP contribution in [-0.2, 0) is 25.5 Å². The van der Waals surface area contributed by atoms with Gasteiger partial charge in [-0.2, -0.15) is 22.0 Å². The van der Waals surface area contributed by atoms with E-state index in [1.165, 1.54) is 60.9 Å². The summed E-state index contributed by atoms with van der Waals surface area (Å²) in [4.78, 5) is 27.0. The summed E-state index contributed by atoms with van der Waals surface area (Å²) >= 11 is 0. The molecule has 3 aromatic rings. The van der Waals surface area contributed by atoms with E-state index in [2.05, 4.69) is 10.1 Å². The largest absolute Gasteiger partial charge is 0.489 e. The van der Waals surface area contributed by atoms with Crippen molar-refractivity contribution >= 4 is 27.3 Å². The summed E-state index contributed by atoms with van der Waals surface area (Å²) in [5, 5.41) is 11.7. The average molecular weight is 686 g/mol. The van der Waals surface area contributed by atoms with Gasteiger partial charge < -0.3 is 19.7 Å². The maximum atomic E-state index is 13.2. The van der Waals surface area contributed by atoms with Crippen LogP contribution in [0.4, 0.5) is 27.6 Å². The normalized spacial score (nSPS) is 17.4. The number of benzene rings is 3. The van der Waals surface area contributed by atoms with Crippen LogP contribution in [0.15, 0.2) is 77.7 Å². The summed E-state index contributed by atoms with van der Waals surface area (Å²) in [6, 6.07) is 14.3. The number of hydroxylamine groups is 1. The van der Waals surface area contributed by atoms with Crippen molar-refractivity contribution in [2.24, 2.45) is 0 Å². The highest BCUT2D eigenvalue weighted by Crippen LogP contribution is 2.33. The maximum Gasteiger partial charge on any atom is 0.416 e. The monoisotopic (exact) mass is 685 g/mol. The predicted octanol–water partition coefficient (Wildman–Crippen LogP) is 5.13. The van der Waals surface area contributed by atoms with Gasteiger partial charge in [-0.1, -0.05) is 19.1 Å². The van der Waals surface area contributed by atoms with E-state index in [1.54, 1.807) is 17.0 Å². The highest BCUT2D eigenvalue weighted by atomic mass is 32.2. The van der Waals surface area contributed by atoms with Gasteiger partial charge in [0, 0.05) is 17.7 Å². The smallest absolute Gasteiger partial charge is 0.416 e. The number of anilines is 1. The molecule has 3 atom stereocenters. The van der Waals surface area contributed by atoms with Crippen molar-refractivity contribution in [2.45, 2.75) is 55.6 Å². The molecule has 0 saturated carbocycles. The molecule has 3 N–H and O–H groups in total. The predicted molar refractivity (Wildman–Crippen MR) is 159 cm³/mol. The number of hydrogen-bond donors (Lipinski definition) is 3. The van der Waals surface area contributed by atoms with E-state index in [9.17, 15) is 40.0 Å². The van der Waals surface area contributed by atoms with Gasteiger partial charge >= 0.3 is 12.8 Å². The van der Waals surface area contributed by atoms with E-state index < -0.39 is 58.2 Å². The molecule has 0 spiro atoms. The molecule has 254 valence electrons. The van der Waals surface area contributed by atoms with Crippen molar-refractivity contribution in [3.05, 3.63) is 89.5 Å². The summed E-state index contributed by atoms with van der Waals surface area (Å²) in [6.07, 6.45) is -5.22. The molecule has 1 heterocycles. The number of nitrogens with zero attached hydrogens (tertiary/aromatic N) is 1. The van der Waals surface area contributed by atoms with Gasteiger partial charge in [-0.3, -0.25) is 14.8 Å². The minimum absolute atomic E-state index is 0.0715. The number of carbonyl (C=O) groups is 2. The minimum atomic E-state index is -4.51. The lowest BCUT2D eigenvalue weighted by Crippen LogP contribution is -2.34. The zero-order valence-corrected chi connectivity index (χ0v) is 25.7. The molecule has 3 aromatic carbocycles. The van der Waals surface area contributed by atoms with Gasteiger partial charge in [0.15, 0.2) is 9.84 Å². The molecule has 0 radical (unpaired) electrons. The van der Waals surface area contributed by atoms with Crippen molar-refractivity contribution in [3.8, 4) is 5.75 Å². The summed E-state index contributed by atoms with van der Waals surface area (Å²) in [6.45, 7) is -1.70. The van der Waals surface area contributed by atoms with Gasteiger partial charge in [0.1, 0.15) is 11.9 Å². The highest BCUT2D eigenvalue weighted by molar-refractivity contribution is 7.91. The topological polar surface area (TPSA) is 134 Å². The van der Waals surface area contributed by atoms with Crippen LogP contribution in [0.5, 0.6) is 5.75 Å². The number of ether oxygens (including phenoxy) is 2. The van der Waals surface area contributed by atoms with Crippen molar-refractivity contribution in [2.75, 3.05) is 23.8 Å². The van der Waals surface area contributed by atoms with Crippen LogP contribution in [0.1, 0.15) is 47.3 Å². The molecule has 0 aliphatic carbocycles. The second-order valence-corrected chi connectivity index (χ2v) is 13.0. The number of carbonyl (C=O) groups excluding carboxylic acids is 2. The lowest BCUT2D eigenvalue weighted by atomic mass is 10.0. The van der Waals surface area contributed by atoms with E-state index in [1.807, 2.05) is 0 Å². The Morgan fingerprint density at radius 2 is 1.64 bits per heavy atom. The molecule has 10 nitrogen and oxygen atoms in total. The van der Waals surface area contributed by atoms with Crippen LogP contribution < -0.4 is 20.4 Å². The quantitative estimate of drug-likeness (QED) is 0.128. The van der Waals surface area contributed by atoms with Crippen LogP contribution in [0, 0.1) is 0 Å². The number of nitrogens with one attached hydrogen (secondary N) is 2. The summed E-state index contributed by atoms with van der Waals surface area (Å²) in [5.41, 5.74) is 1.78. The first-order valence-electron chi connectivity index (χ1n) is 14.4. The van der Waals surface area contributed by atoms with Crippen LogP contribution in [0.25, 0.3) is 0 Å². The SMILES string of the molecule is CCS(=O)(=O)c1ccc(C(CC(=O)NO)NC(=O)c2ccc(N3C[C@@H](Oc4ccc(C(F)(F)F)cc4)C[C@H]3COC(F)F)cc2)cc1. The van der Waals surface area contributed by atoms with Crippen molar-refractivity contribution in [3.63, 3.8) is 0 Å². The Labute approximate surface area is 267 Å². The fourth-order valence-electron chi connectivity index (χ4n) is 5.14. The van der Waals surface area contributed by atoms with Crippen LogP contribution in [-0.4, -0.2) is 63.1 Å². The maximum absolute atomic E-state index is 13.2. The lowest BCUT2D eigenvalue weighted by molar-refractivity contribution is -0.137. The van der Waals surface area contributed by atoms with Crippen LogP contribution >= 0.6 is 0 Å². The number of rotatable bonds is 13. The molecular weight excluding hydrogens is 653 g/mol. The first-order valence-corrected chi connectivity index (χ1v) is 16.0. The molecule has 1 aliphatic rings. The second-order valence-electron chi connectivity index (χ2n) is 10.7. The third-order valence-corrected chi connectivity index (χ3v) is 9.33. The van der Waals surface area contributed by atoms with Crippen LogP contribution in [0.3, 0.4) is 0 Å². The number of sulfone groups is 1. The first-order chi connectivity index (χ1) is 22.2. The Balaban J connectivity index is 1.48. The number of amides is 2. The van der Waals surface area contributed by atoms with Gasteiger partial charge in [0.2, 0.25) is 5.91 Å². The zero-order chi connectivity index (χ0) is 34.4. The molecule has 4 rings (SSSR count). The van der Waals surface area contributed by atoms with E-state index in [4.69, 9.17) is 9.94 Å². The lowest BCUT2D eigenvalue weighted by Gasteiger charge is -2.26. The molecule has 1 saturated heterocycles. The molecule has 1 aliphatic heterocycles. The molecule has 16 heteroatoms. The molecule has 0 aromatic heterocycles. The third kappa shape index (κ3) is 9.39. The number of hydrogen-bond acceptors (Lipinski definition) is 8. The van der Waals surface area contributed by atoms with Gasteiger partial charge in [-0.05, 0) is 66.2 Å². The van der Waals surface area contributed by atoms with Crippen molar-refractivity contribution < 1.29 is 54.6 Å². The summed E-state index contributed by atoms with van der Waals surface area (Å²) in [5.74, 6) is -1.33. The Morgan fingerprint density at radius 1 is 1.00 bits per heavy atom. The Hall–Kier alpha value is -4.28. The first kappa shape index (κ1) is 35.6.